The molecule has 0 saturated heterocycles. The first-order chi connectivity index (χ1) is 11.6. The highest BCUT2D eigenvalue weighted by atomic mass is 32.2. The molecule has 1 aromatic rings. The third-order valence-corrected chi connectivity index (χ3v) is 6.90. The Bertz CT molecular complexity index is 509. The smallest absolute Gasteiger partial charge is 0.407 e. The Morgan fingerprint density at radius 2 is 1.84 bits per heavy atom. The van der Waals surface area contributed by atoms with Gasteiger partial charge in [0.25, 0.3) is 0 Å². The number of ether oxygens (including phenoxy) is 1. The van der Waals surface area contributed by atoms with Crippen molar-refractivity contribution in [1.82, 2.24) is 5.32 Å². The van der Waals surface area contributed by atoms with Gasteiger partial charge in [-0.1, -0.05) is 50.0 Å². The van der Waals surface area contributed by atoms with Gasteiger partial charge in [-0.25, -0.2) is 4.79 Å². The van der Waals surface area contributed by atoms with Crippen molar-refractivity contribution in [3.8, 4) is 0 Å². The lowest BCUT2D eigenvalue weighted by Gasteiger charge is -2.24. The molecule has 5 heteroatoms. The summed E-state index contributed by atoms with van der Waals surface area (Å²) in [5.74, 6) is 2.12. The summed E-state index contributed by atoms with van der Waals surface area (Å²) in [6.45, 7) is 12.9. The third kappa shape index (κ3) is 12.1. The molecule has 0 spiro atoms. The molecule has 0 heterocycles. The largest absolute Gasteiger partial charge is 0.444 e. The summed E-state index contributed by atoms with van der Waals surface area (Å²) in [6, 6.07) is 11.9. The zero-order valence-corrected chi connectivity index (χ0v) is 18.5. The molecule has 0 fully saturated rings. The monoisotopic (exact) mass is 381 g/mol. The maximum atomic E-state index is 12.1. The minimum Gasteiger partial charge on any atom is -0.444 e. The van der Waals surface area contributed by atoms with Crippen molar-refractivity contribution < 1.29 is 9.53 Å². The van der Waals surface area contributed by atoms with E-state index >= 15 is 0 Å². The van der Waals surface area contributed by atoms with Gasteiger partial charge in [0.05, 0.1) is 0 Å². The summed E-state index contributed by atoms with van der Waals surface area (Å²) in [6.07, 6.45) is 1.59. The topological polar surface area (TPSA) is 38.3 Å². The molecule has 3 nitrogen and oxygen atoms in total. The van der Waals surface area contributed by atoms with Crippen LogP contribution < -0.4 is 5.32 Å². The highest BCUT2D eigenvalue weighted by molar-refractivity contribution is 7.99. The lowest BCUT2D eigenvalue weighted by molar-refractivity contribution is 0.0507. The molecule has 142 valence electrons. The van der Waals surface area contributed by atoms with Crippen molar-refractivity contribution in [2.24, 2.45) is 0 Å². The summed E-state index contributed by atoms with van der Waals surface area (Å²) in [4.78, 5) is 12.1. The highest BCUT2D eigenvalue weighted by Gasteiger charge is 2.20. The van der Waals surface area contributed by atoms with Crippen LogP contribution in [0.3, 0.4) is 0 Å². The van der Waals surface area contributed by atoms with Gasteiger partial charge in [-0.15, -0.1) is 0 Å². The fourth-order valence-corrected chi connectivity index (χ4v) is 5.99. The third-order valence-electron chi connectivity index (χ3n) is 3.66. The second kappa shape index (κ2) is 10.3. The molecule has 0 aliphatic heterocycles. The molecular weight excluding hydrogens is 346 g/mol. The van der Waals surface area contributed by atoms with Crippen molar-refractivity contribution in [2.75, 3.05) is 11.5 Å². The van der Waals surface area contributed by atoms with Crippen LogP contribution in [0.2, 0.25) is 25.7 Å². The Morgan fingerprint density at radius 1 is 1.20 bits per heavy atom. The number of benzene rings is 1. The number of hydrogen-bond donors (Lipinski definition) is 1. The van der Waals surface area contributed by atoms with Gasteiger partial charge in [0.2, 0.25) is 0 Å². The van der Waals surface area contributed by atoms with Crippen molar-refractivity contribution >= 4 is 25.9 Å². The van der Waals surface area contributed by atoms with Gasteiger partial charge >= 0.3 is 6.09 Å². The summed E-state index contributed by atoms with van der Waals surface area (Å²) in [5.41, 5.74) is 0.851. The van der Waals surface area contributed by atoms with Crippen LogP contribution in [-0.2, 0) is 11.2 Å². The maximum absolute atomic E-state index is 12.1. The van der Waals surface area contributed by atoms with Crippen LogP contribution >= 0.6 is 11.8 Å². The molecule has 0 aliphatic rings. The molecule has 0 radical (unpaired) electrons. The van der Waals surface area contributed by atoms with E-state index in [1.54, 1.807) is 0 Å². The Morgan fingerprint density at radius 3 is 2.40 bits per heavy atom. The Hall–Kier alpha value is -0.943. The lowest BCUT2D eigenvalue weighted by Crippen LogP contribution is -2.40. The number of thioether (sulfide) groups is 1. The number of nitrogens with one attached hydrogen (secondary N) is 1. The van der Waals surface area contributed by atoms with E-state index in [4.69, 9.17) is 4.74 Å². The first kappa shape index (κ1) is 22.1. The van der Waals surface area contributed by atoms with Gasteiger partial charge in [0.15, 0.2) is 0 Å². The second-order valence-corrected chi connectivity index (χ2v) is 15.5. The van der Waals surface area contributed by atoms with Gasteiger partial charge in [0.1, 0.15) is 5.60 Å². The van der Waals surface area contributed by atoms with Gasteiger partial charge in [-0.2, -0.15) is 11.8 Å². The van der Waals surface area contributed by atoms with Gasteiger partial charge in [-0.05, 0) is 51.0 Å². The summed E-state index contributed by atoms with van der Waals surface area (Å²) < 4.78 is 5.43. The van der Waals surface area contributed by atoms with Gasteiger partial charge in [0, 0.05) is 19.9 Å². The number of aryl methyl sites for hydroxylation is 1. The van der Waals surface area contributed by atoms with Crippen molar-refractivity contribution in [3.63, 3.8) is 0 Å². The van der Waals surface area contributed by atoms with E-state index in [1.165, 1.54) is 17.4 Å². The molecule has 0 unspecified atom stereocenters. The van der Waals surface area contributed by atoms with Crippen LogP contribution in [-0.4, -0.2) is 37.3 Å². The summed E-state index contributed by atoms with van der Waals surface area (Å²) in [7, 11) is -0.997. The Kier molecular flexibility index (Phi) is 9.07. The molecule has 0 aliphatic carbocycles. The molecule has 1 atom stereocenters. The normalized spacial score (nSPS) is 13.4. The lowest BCUT2D eigenvalue weighted by atomic mass is 10.1. The first-order valence-corrected chi connectivity index (χ1v) is 14.0. The standard InChI is InChI=1S/C20H35NO2SSi/c1-20(2,3)23-19(22)21-18(16-24-14-15-25(4,5)6)13-12-17-10-8-7-9-11-17/h7-11,18H,12-16H2,1-6H3,(H,21,22)/t18-/m0/s1. The zero-order chi connectivity index (χ0) is 18.9. The van der Waals surface area contributed by atoms with Crippen LogP contribution in [0.5, 0.6) is 0 Å². The average Bonchev–Trinajstić information content (AvgIpc) is 2.47. The molecule has 1 aromatic carbocycles. The molecule has 0 bridgehead atoms. The van der Waals surface area contributed by atoms with Crippen LogP contribution in [0, 0.1) is 0 Å². The quantitative estimate of drug-likeness (QED) is 0.448. The number of rotatable bonds is 9. The van der Waals surface area contributed by atoms with Gasteiger partial charge < -0.3 is 10.1 Å². The van der Waals surface area contributed by atoms with Gasteiger partial charge in [-0.3, -0.25) is 0 Å². The van der Waals surface area contributed by atoms with E-state index in [-0.39, 0.29) is 12.1 Å². The molecule has 0 aromatic heterocycles. The van der Waals surface area contributed by atoms with Crippen molar-refractivity contribution in [2.45, 2.75) is 70.9 Å². The van der Waals surface area contributed by atoms with E-state index in [1.807, 2.05) is 38.6 Å². The fourth-order valence-electron chi connectivity index (χ4n) is 2.26. The Balaban J connectivity index is 2.52. The zero-order valence-electron chi connectivity index (χ0n) is 16.7. The first-order valence-electron chi connectivity index (χ1n) is 9.16. The Labute approximate surface area is 159 Å². The number of carbonyl (C=O) groups excluding carboxylic acids is 1. The number of hydrogen-bond acceptors (Lipinski definition) is 3. The molecule has 1 amide bonds. The van der Waals surface area contributed by atoms with E-state index in [0.29, 0.717) is 0 Å². The van der Waals surface area contributed by atoms with Crippen LogP contribution in [0.15, 0.2) is 30.3 Å². The van der Waals surface area contributed by atoms with E-state index in [2.05, 4.69) is 49.2 Å². The SMILES string of the molecule is CC(C)(C)OC(=O)N[C@@H](CCc1ccccc1)CSCC[Si](C)(C)C. The average molecular weight is 382 g/mol. The predicted octanol–water partition coefficient (Wildman–Crippen LogP) is 5.58. The van der Waals surface area contributed by atoms with Crippen molar-refractivity contribution in [3.05, 3.63) is 35.9 Å². The molecule has 1 rings (SSSR count). The van der Waals surface area contributed by atoms with Crippen LogP contribution in [0.1, 0.15) is 32.8 Å². The summed E-state index contributed by atoms with van der Waals surface area (Å²) in [5, 5.41) is 3.07. The molecular formula is C20H35NO2SSi. The molecule has 0 saturated carbocycles. The number of carbonyl (C=O) groups is 1. The fraction of sp³-hybridized carbons (Fsp3) is 0.650. The van der Waals surface area contributed by atoms with E-state index < -0.39 is 13.7 Å². The van der Waals surface area contributed by atoms with Crippen LogP contribution in [0.4, 0.5) is 4.79 Å². The minimum atomic E-state index is -0.997. The van der Waals surface area contributed by atoms with E-state index in [0.717, 1.165) is 18.6 Å². The van der Waals surface area contributed by atoms with Crippen molar-refractivity contribution in [1.29, 1.82) is 0 Å². The minimum absolute atomic E-state index is 0.140. The maximum Gasteiger partial charge on any atom is 0.407 e. The van der Waals surface area contributed by atoms with Crippen LogP contribution in [0.25, 0.3) is 0 Å². The second-order valence-electron chi connectivity index (χ2n) is 8.75. The van der Waals surface area contributed by atoms with E-state index in [9.17, 15) is 4.79 Å². The number of alkyl carbamates (subject to hydrolysis) is 1. The molecule has 1 N–H and O–H groups in total. The molecule has 25 heavy (non-hydrogen) atoms. The highest BCUT2D eigenvalue weighted by Crippen LogP contribution is 2.17. The summed E-state index contributed by atoms with van der Waals surface area (Å²) >= 11 is 1.95. The number of amides is 1. The predicted molar refractivity (Wildman–Crippen MR) is 113 cm³/mol.